The van der Waals surface area contributed by atoms with Gasteiger partial charge in [-0.2, -0.15) is 0 Å². The number of rotatable bonds is 12. The number of anilines is 1. The molecule has 2 amide bonds. The third kappa shape index (κ3) is 8.30. The quantitative estimate of drug-likeness (QED) is 0.205. The van der Waals surface area contributed by atoms with Crippen LogP contribution in [0.2, 0.25) is 0 Å². The molecule has 4 aromatic rings. The number of carbonyl (C=O) groups is 2. The summed E-state index contributed by atoms with van der Waals surface area (Å²) in [5, 5.41) is 2.83. The number of nitrogens with one attached hydrogen (secondary N) is 1. The van der Waals surface area contributed by atoms with Crippen LogP contribution in [0.25, 0.3) is 0 Å². The lowest BCUT2D eigenvalue weighted by Gasteiger charge is -2.33. The van der Waals surface area contributed by atoms with E-state index < -0.39 is 34.3 Å². The molecule has 0 saturated heterocycles. The summed E-state index contributed by atoms with van der Waals surface area (Å²) < 4.78 is 43.6. The number of benzene rings is 4. The standard InChI is InChI=1S/C33H33BrFN3O4S/c1-3-36-33(40)31(21-25-7-5-4-6-8-25)37(22-26-11-13-27(34)14-12-26)32(39)23-38(29-17-15-28(35)16-18-29)43(41,42)30-19-9-24(2)10-20-30/h4-20,31H,3,21-23H2,1-2H3,(H,36,40). The lowest BCUT2D eigenvalue weighted by molar-refractivity contribution is -0.140. The zero-order valence-corrected chi connectivity index (χ0v) is 26.3. The Hall–Kier alpha value is -4.02. The summed E-state index contributed by atoms with van der Waals surface area (Å²) in [6.45, 7) is 3.44. The SMILES string of the molecule is CCNC(=O)C(Cc1ccccc1)N(Cc1ccc(Br)cc1)C(=O)CN(c1ccc(F)cc1)S(=O)(=O)c1ccc(C)cc1. The molecule has 224 valence electrons. The van der Waals surface area contributed by atoms with Gasteiger partial charge in [-0.15, -0.1) is 0 Å². The van der Waals surface area contributed by atoms with E-state index in [1.54, 1.807) is 19.1 Å². The largest absolute Gasteiger partial charge is 0.355 e. The number of nitrogens with zero attached hydrogens (tertiary/aromatic N) is 2. The molecule has 0 aromatic heterocycles. The lowest BCUT2D eigenvalue weighted by atomic mass is 10.0. The molecular weight excluding hydrogens is 633 g/mol. The van der Waals surface area contributed by atoms with Crippen LogP contribution >= 0.6 is 15.9 Å². The van der Waals surface area contributed by atoms with E-state index in [2.05, 4.69) is 21.2 Å². The Morgan fingerprint density at radius 1 is 0.860 bits per heavy atom. The van der Waals surface area contributed by atoms with Crippen LogP contribution in [-0.2, 0) is 32.6 Å². The molecule has 0 fully saturated rings. The van der Waals surface area contributed by atoms with E-state index in [1.807, 2.05) is 61.5 Å². The first-order valence-corrected chi connectivity index (χ1v) is 16.0. The highest BCUT2D eigenvalue weighted by Gasteiger charge is 2.34. The third-order valence-corrected chi connectivity index (χ3v) is 9.21. The van der Waals surface area contributed by atoms with E-state index in [0.717, 1.165) is 37.6 Å². The predicted octanol–water partition coefficient (Wildman–Crippen LogP) is 5.87. The molecule has 0 saturated carbocycles. The van der Waals surface area contributed by atoms with Crippen LogP contribution in [0.5, 0.6) is 0 Å². The summed E-state index contributed by atoms with van der Waals surface area (Å²) in [4.78, 5) is 29.2. The number of hydrogen-bond donors (Lipinski definition) is 1. The van der Waals surface area contributed by atoms with Gasteiger partial charge in [0.2, 0.25) is 11.8 Å². The summed E-state index contributed by atoms with van der Waals surface area (Å²) in [7, 11) is -4.25. The van der Waals surface area contributed by atoms with E-state index in [4.69, 9.17) is 0 Å². The minimum atomic E-state index is -4.25. The van der Waals surface area contributed by atoms with Gasteiger partial charge in [-0.05, 0) is 73.5 Å². The van der Waals surface area contributed by atoms with E-state index in [0.29, 0.717) is 6.54 Å². The average molecular weight is 667 g/mol. The van der Waals surface area contributed by atoms with E-state index >= 15 is 0 Å². The van der Waals surface area contributed by atoms with Gasteiger partial charge in [0.15, 0.2) is 0 Å². The maximum absolute atomic E-state index is 14.3. The number of carbonyl (C=O) groups excluding carboxylic acids is 2. The monoisotopic (exact) mass is 665 g/mol. The fourth-order valence-electron chi connectivity index (χ4n) is 4.61. The Morgan fingerprint density at radius 3 is 2.09 bits per heavy atom. The Kier molecular flexibility index (Phi) is 10.7. The molecule has 0 spiro atoms. The van der Waals surface area contributed by atoms with Crippen molar-refractivity contribution in [1.82, 2.24) is 10.2 Å². The number of halogens is 2. The van der Waals surface area contributed by atoms with Crippen molar-refractivity contribution in [3.8, 4) is 0 Å². The summed E-state index contributed by atoms with van der Waals surface area (Å²) in [6.07, 6.45) is 0.218. The van der Waals surface area contributed by atoms with Gasteiger partial charge < -0.3 is 10.2 Å². The topological polar surface area (TPSA) is 86.8 Å². The summed E-state index contributed by atoms with van der Waals surface area (Å²) in [5.41, 5.74) is 2.59. The van der Waals surface area contributed by atoms with Crippen LogP contribution in [-0.4, -0.2) is 44.3 Å². The highest BCUT2D eigenvalue weighted by atomic mass is 79.9. The van der Waals surface area contributed by atoms with Crippen LogP contribution in [0.4, 0.5) is 10.1 Å². The van der Waals surface area contributed by atoms with Crippen molar-refractivity contribution < 1.29 is 22.4 Å². The Bertz CT molecular complexity index is 1630. The molecule has 0 aliphatic rings. The average Bonchev–Trinajstić information content (AvgIpc) is 3.00. The molecule has 1 unspecified atom stereocenters. The Balaban J connectivity index is 1.78. The number of sulfonamides is 1. The summed E-state index contributed by atoms with van der Waals surface area (Å²) >= 11 is 3.42. The molecule has 7 nitrogen and oxygen atoms in total. The molecular formula is C33H33BrFN3O4S. The van der Waals surface area contributed by atoms with Crippen LogP contribution in [0.3, 0.4) is 0 Å². The van der Waals surface area contributed by atoms with Gasteiger partial charge in [-0.3, -0.25) is 13.9 Å². The van der Waals surface area contributed by atoms with Crippen molar-refractivity contribution in [3.05, 3.63) is 130 Å². The molecule has 1 N–H and O–H groups in total. The smallest absolute Gasteiger partial charge is 0.264 e. The second-order valence-electron chi connectivity index (χ2n) is 10.0. The zero-order valence-electron chi connectivity index (χ0n) is 23.9. The third-order valence-electron chi connectivity index (χ3n) is 6.89. The molecule has 0 aliphatic carbocycles. The van der Waals surface area contributed by atoms with E-state index in [-0.39, 0.29) is 29.5 Å². The van der Waals surface area contributed by atoms with Gasteiger partial charge >= 0.3 is 0 Å². The minimum Gasteiger partial charge on any atom is -0.355 e. The van der Waals surface area contributed by atoms with Crippen molar-refractivity contribution in [1.29, 1.82) is 0 Å². The predicted molar refractivity (Wildman–Crippen MR) is 169 cm³/mol. The van der Waals surface area contributed by atoms with Crippen LogP contribution < -0.4 is 9.62 Å². The van der Waals surface area contributed by atoms with Gasteiger partial charge in [0.25, 0.3) is 10.0 Å². The zero-order chi connectivity index (χ0) is 31.0. The molecule has 1 atom stereocenters. The fraction of sp³-hybridized carbons (Fsp3) is 0.212. The second-order valence-corrected chi connectivity index (χ2v) is 12.8. The van der Waals surface area contributed by atoms with Crippen molar-refractivity contribution in [3.63, 3.8) is 0 Å². The number of hydrogen-bond acceptors (Lipinski definition) is 4. The van der Waals surface area contributed by atoms with E-state index in [1.165, 1.54) is 29.2 Å². The lowest BCUT2D eigenvalue weighted by Crippen LogP contribution is -2.53. The summed E-state index contributed by atoms with van der Waals surface area (Å²) in [6, 6.07) is 26.9. The highest BCUT2D eigenvalue weighted by Crippen LogP contribution is 2.26. The first-order valence-electron chi connectivity index (χ1n) is 13.8. The van der Waals surface area contributed by atoms with Gasteiger partial charge in [0.05, 0.1) is 10.6 Å². The Labute approximate surface area is 260 Å². The molecule has 0 aliphatic heterocycles. The van der Waals surface area contributed by atoms with Crippen LogP contribution in [0, 0.1) is 12.7 Å². The fourth-order valence-corrected chi connectivity index (χ4v) is 6.28. The minimum absolute atomic E-state index is 0.0146. The Morgan fingerprint density at radius 2 is 1.49 bits per heavy atom. The second kappa shape index (κ2) is 14.4. The van der Waals surface area contributed by atoms with Crippen LogP contribution in [0.1, 0.15) is 23.6 Å². The highest BCUT2D eigenvalue weighted by molar-refractivity contribution is 9.10. The molecule has 43 heavy (non-hydrogen) atoms. The maximum atomic E-state index is 14.3. The van der Waals surface area contributed by atoms with Crippen molar-refractivity contribution >= 4 is 43.5 Å². The first kappa shape index (κ1) is 31.9. The van der Waals surface area contributed by atoms with Gasteiger partial charge in [-0.1, -0.05) is 76.1 Å². The molecule has 0 radical (unpaired) electrons. The molecule has 4 rings (SSSR count). The van der Waals surface area contributed by atoms with Gasteiger partial charge in [-0.25, -0.2) is 12.8 Å². The van der Waals surface area contributed by atoms with Gasteiger partial charge in [0, 0.05) is 24.0 Å². The van der Waals surface area contributed by atoms with Crippen molar-refractivity contribution in [2.75, 3.05) is 17.4 Å². The molecule has 10 heteroatoms. The normalized spacial score (nSPS) is 11.9. The van der Waals surface area contributed by atoms with E-state index in [9.17, 15) is 22.4 Å². The first-order chi connectivity index (χ1) is 20.6. The number of aryl methyl sites for hydroxylation is 1. The summed E-state index contributed by atoms with van der Waals surface area (Å²) in [5.74, 6) is -1.49. The molecule has 4 aromatic carbocycles. The van der Waals surface area contributed by atoms with Crippen molar-refractivity contribution in [2.45, 2.75) is 37.8 Å². The maximum Gasteiger partial charge on any atom is 0.264 e. The molecule has 0 bridgehead atoms. The number of amides is 2. The molecule has 0 heterocycles. The van der Waals surface area contributed by atoms with Crippen LogP contribution in [0.15, 0.2) is 112 Å². The number of likely N-dealkylation sites (N-methyl/N-ethyl adjacent to an activating group) is 1. The van der Waals surface area contributed by atoms with Crippen molar-refractivity contribution in [2.24, 2.45) is 0 Å². The van der Waals surface area contributed by atoms with Gasteiger partial charge in [0.1, 0.15) is 18.4 Å².